The highest BCUT2D eigenvalue weighted by Crippen LogP contribution is 2.54. The summed E-state index contributed by atoms with van der Waals surface area (Å²) >= 11 is 0. The Morgan fingerprint density at radius 1 is 1.24 bits per heavy atom. The third kappa shape index (κ3) is 1.99. The quantitative estimate of drug-likeness (QED) is 0.809. The van der Waals surface area contributed by atoms with E-state index in [1.807, 2.05) is 6.08 Å². The summed E-state index contributed by atoms with van der Waals surface area (Å²) in [7, 11) is 0. The molecule has 3 heterocycles. The number of ether oxygens (including phenoxy) is 1. The second kappa shape index (κ2) is 5.19. The molecule has 0 saturated carbocycles. The zero-order valence-corrected chi connectivity index (χ0v) is 13.9. The largest absolute Gasteiger partial charge is 0.508 e. The van der Waals surface area contributed by atoms with Crippen LogP contribution < -0.4 is 0 Å². The second-order valence-corrected chi connectivity index (χ2v) is 7.48. The Bertz CT molecular complexity index is 796. The fraction of sp³-hybridized carbons (Fsp3) is 0.450. The minimum atomic E-state index is -1.04. The van der Waals surface area contributed by atoms with Gasteiger partial charge in [0.25, 0.3) is 0 Å². The minimum Gasteiger partial charge on any atom is -0.508 e. The Balaban J connectivity index is 1.60. The van der Waals surface area contributed by atoms with E-state index in [1.54, 1.807) is 12.1 Å². The number of piperidine rings is 1. The molecular formula is C20H21NO4. The molecule has 2 saturated heterocycles. The lowest BCUT2D eigenvalue weighted by Crippen LogP contribution is -2.48. The van der Waals surface area contributed by atoms with E-state index in [0.717, 1.165) is 31.4 Å². The van der Waals surface area contributed by atoms with Gasteiger partial charge in [-0.05, 0) is 37.1 Å². The summed E-state index contributed by atoms with van der Waals surface area (Å²) in [5.41, 5.74) is 1.20. The predicted molar refractivity (Wildman–Crippen MR) is 90.8 cm³/mol. The van der Waals surface area contributed by atoms with Gasteiger partial charge in [-0.1, -0.05) is 30.7 Å². The summed E-state index contributed by atoms with van der Waals surface area (Å²) < 4.78 is 5.98. The van der Waals surface area contributed by atoms with Crippen molar-refractivity contribution < 1.29 is 19.7 Å². The first-order valence-electron chi connectivity index (χ1n) is 8.99. The van der Waals surface area contributed by atoms with Gasteiger partial charge in [0.1, 0.15) is 11.9 Å². The van der Waals surface area contributed by atoms with Crippen molar-refractivity contribution in [3.05, 3.63) is 53.1 Å². The molecule has 4 atom stereocenters. The normalized spacial score (nSPS) is 34.7. The van der Waals surface area contributed by atoms with Gasteiger partial charge in [-0.2, -0.15) is 0 Å². The number of esters is 1. The highest BCUT2D eigenvalue weighted by molar-refractivity contribution is 5.96. The molecule has 1 aliphatic carbocycles. The van der Waals surface area contributed by atoms with Gasteiger partial charge in [0, 0.05) is 18.0 Å². The fourth-order valence-electron chi connectivity index (χ4n) is 5.13. The molecule has 5 nitrogen and oxygen atoms in total. The van der Waals surface area contributed by atoms with Crippen molar-refractivity contribution in [3.8, 4) is 5.75 Å². The molecule has 3 aliphatic heterocycles. The van der Waals surface area contributed by atoms with Crippen molar-refractivity contribution in [1.82, 2.24) is 4.90 Å². The molecule has 1 unspecified atom stereocenters. The van der Waals surface area contributed by atoms with E-state index in [0.29, 0.717) is 17.2 Å². The van der Waals surface area contributed by atoms with Gasteiger partial charge < -0.3 is 14.9 Å². The van der Waals surface area contributed by atoms with Crippen LogP contribution >= 0.6 is 0 Å². The van der Waals surface area contributed by atoms with Crippen LogP contribution in [0.15, 0.2) is 47.6 Å². The van der Waals surface area contributed by atoms with Crippen LogP contribution in [0, 0.1) is 0 Å². The molecule has 0 aromatic heterocycles. The molecule has 0 radical (unpaired) electrons. The smallest absolute Gasteiger partial charge is 0.338 e. The molecule has 2 fully saturated rings. The Kier molecular flexibility index (Phi) is 3.15. The maximum Gasteiger partial charge on any atom is 0.338 e. The van der Waals surface area contributed by atoms with Gasteiger partial charge >= 0.3 is 5.97 Å². The number of carbonyl (C=O) groups excluding carboxylic acids is 1. The Hall–Kier alpha value is -2.11. The van der Waals surface area contributed by atoms with E-state index in [4.69, 9.17) is 4.74 Å². The zero-order chi connectivity index (χ0) is 17.2. The second-order valence-electron chi connectivity index (χ2n) is 7.48. The molecule has 4 aliphatic rings. The molecule has 2 bridgehead atoms. The maximum absolute atomic E-state index is 12.7. The van der Waals surface area contributed by atoms with Crippen LogP contribution in [0.3, 0.4) is 0 Å². The summed E-state index contributed by atoms with van der Waals surface area (Å²) in [6, 6.07) is 6.86. The van der Waals surface area contributed by atoms with Crippen molar-refractivity contribution in [2.45, 2.75) is 49.5 Å². The van der Waals surface area contributed by atoms with Gasteiger partial charge in [0.15, 0.2) is 5.60 Å². The maximum atomic E-state index is 12.7. The number of rotatable bonds is 2. The van der Waals surface area contributed by atoms with E-state index in [9.17, 15) is 15.0 Å². The number of nitrogens with zero attached hydrogens (tertiary/aromatic N) is 1. The lowest BCUT2D eigenvalue weighted by molar-refractivity contribution is -0.150. The first kappa shape index (κ1) is 15.2. The minimum absolute atomic E-state index is 0.133. The summed E-state index contributed by atoms with van der Waals surface area (Å²) in [6.45, 7) is 1.04. The lowest BCUT2D eigenvalue weighted by atomic mass is 9.78. The highest BCUT2D eigenvalue weighted by atomic mass is 16.6. The predicted octanol–water partition coefficient (Wildman–Crippen LogP) is 2.21. The van der Waals surface area contributed by atoms with Crippen LogP contribution in [-0.4, -0.2) is 45.3 Å². The number of fused-ring (bicyclic) bond motifs is 3. The molecule has 1 aromatic rings. The summed E-state index contributed by atoms with van der Waals surface area (Å²) in [6.07, 6.45) is 7.27. The van der Waals surface area contributed by atoms with E-state index in [-0.39, 0.29) is 11.8 Å². The molecular weight excluding hydrogens is 318 g/mol. The zero-order valence-electron chi connectivity index (χ0n) is 13.9. The van der Waals surface area contributed by atoms with Crippen LogP contribution in [0.25, 0.3) is 0 Å². The number of aliphatic hydroxyl groups is 1. The third-order valence-electron chi connectivity index (χ3n) is 6.23. The average Bonchev–Trinajstić information content (AvgIpc) is 3.06. The van der Waals surface area contributed by atoms with Crippen molar-refractivity contribution >= 4 is 5.97 Å². The van der Waals surface area contributed by atoms with Crippen molar-refractivity contribution in [1.29, 1.82) is 0 Å². The molecule has 5 heteroatoms. The molecule has 25 heavy (non-hydrogen) atoms. The number of hydrogen-bond acceptors (Lipinski definition) is 5. The van der Waals surface area contributed by atoms with E-state index < -0.39 is 17.7 Å². The van der Waals surface area contributed by atoms with Gasteiger partial charge in [0.05, 0.1) is 11.6 Å². The number of aromatic hydroxyl groups is 1. The summed E-state index contributed by atoms with van der Waals surface area (Å²) in [4.78, 5) is 15.2. The van der Waals surface area contributed by atoms with Crippen LogP contribution in [0.4, 0.5) is 0 Å². The molecule has 130 valence electrons. The van der Waals surface area contributed by atoms with E-state index in [2.05, 4.69) is 11.0 Å². The van der Waals surface area contributed by atoms with Gasteiger partial charge in [0.2, 0.25) is 0 Å². The van der Waals surface area contributed by atoms with Gasteiger partial charge in [-0.25, -0.2) is 4.79 Å². The van der Waals surface area contributed by atoms with Gasteiger partial charge in [-0.3, -0.25) is 4.90 Å². The number of phenolic OH excluding ortho intramolecular Hbond substituents is 1. The van der Waals surface area contributed by atoms with Crippen LogP contribution in [0.5, 0.6) is 5.75 Å². The van der Waals surface area contributed by atoms with Crippen LogP contribution in [0.2, 0.25) is 0 Å². The van der Waals surface area contributed by atoms with E-state index in [1.165, 1.54) is 18.6 Å². The first-order chi connectivity index (χ1) is 12.1. The monoisotopic (exact) mass is 339 g/mol. The molecule has 0 amide bonds. The van der Waals surface area contributed by atoms with Crippen molar-refractivity contribution in [2.24, 2.45) is 0 Å². The first-order valence-corrected chi connectivity index (χ1v) is 8.99. The van der Waals surface area contributed by atoms with Crippen LogP contribution in [0.1, 0.15) is 37.4 Å². The number of benzene rings is 1. The third-order valence-corrected chi connectivity index (χ3v) is 6.23. The summed E-state index contributed by atoms with van der Waals surface area (Å²) in [5.74, 6) is -0.276. The number of phenols is 1. The average molecular weight is 339 g/mol. The fourth-order valence-corrected chi connectivity index (χ4v) is 5.13. The number of hydrogen-bond donors (Lipinski definition) is 2. The topological polar surface area (TPSA) is 70.0 Å². The lowest BCUT2D eigenvalue weighted by Gasteiger charge is -2.37. The Morgan fingerprint density at radius 3 is 2.84 bits per heavy atom. The molecule has 5 rings (SSSR count). The van der Waals surface area contributed by atoms with E-state index >= 15 is 0 Å². The molecule has 1 spiro atoms. The van der Waals surface area contributed by atoms with Crippen molar-refractivity contribution in [3.63, 3.8) is 0 Å². The Labute approximate surface area is 146 Å². The molecule has 2 N–H and O–H groups in total. The molecule has 1 aromatic carbocycles. The van der Waals surface area contributed by atoms with Gasteiger partial charge in [-0.15, -0.1) is 0 Å². The number of aliphatic hydroxyl groups excluding tert-OH is 1. The standard InChI is InChI=1S/C20H21NO4/c22-14-7-4-12(5-8-14)18(23)17-15-9-6-13-11-20(15,25-19(17)24)16-3-1-2-10-21(13)16/h4-9,13,16,18,22-23H,1-3,10-11H2/t13-,16-,18?,20+/m1/s1. The number of carbonyl (C=O) groups is 1. The van der Waals surface area contributed by atoms with Crippen LogP contribution in [-0.2, 0) is 9.53 Å². The SMILES string of the molecule is O=C1O[C@@]23C[C@@H](C=CC2=C1C(O)c1ccc(O)cc1)N1CCCC[C@@H]13. The highest BCUT2D eigenvalue weighted by Gasteiger charge is 2.62. The van der Waals surface area contributed by atoms with Crippen molar-refractivity contribution in [2.75, 3.05) is 6.54 Å². The summed E-state index contributed by atoms with van der Waals surface area (Å²) in [5, 5.41) is 20.3. The Morgan fingerprint density at radius 2 is 2.04 bits per heavy atom.